The summed E-state index contributed by atoms with van der Waals surface area (Å²) in [7, 11) is 0. The molecule has 0 radical (unpaired) electrons. The fourth-order valence-electron chi connectivity index (χ4n) is 3.35. The van der Waals surface area contributed by atoms with Gasteiger partial charge in [-0.3, -0.25) is 0 Å². The number of nitrogens with zero attached hydrogens (tertiary/aromatic N) is 1. The van der Waals surface area contributed by atoms with E-state index in [1.165, 1.54) is 109 Å². The molecule has 0 atom stereocenters. The summed E-state index contributed by atoms with van der Waals surface area (Å²) in [5, 5.41) is 25.0. The first-order chi connectivity index (χ1) is 13.5. The Hall–Kier alpha value is 0.410. The molecule has 0 aromatic rings. The summed E-state index contributed by atoms with van der Waals surface area (Å²) in [4.78, 5) is 18.5. The van der Waals surface area contributed by atoms with Crippen LogP contribution in [0.3, 0.4) is 0 Å². The first kappa shape index (κ1) is 37.7. The third-order valence-electron chi connectivity index (χ3n) is 4.98. The minimum absolute atomic E-state index is 0. The largest absolute Gasteiger partial charge is 1.00 e. The van der Waals surface area contributed by atoms with E-state index in [1.54, 1.807) is 0 Å². The van der Waals surface area contributed by atoms with E-state index in [-0.39, 0.29) is 58.4 Å². The van der Waals surface area contributed by atoms with Crippen molar-refractivity contribution in [3.8, 4) is 0 Å². The molecule has 0 saturated heterocycles. The fraction of sp³-hybridized carbons (Fsp3) is 0.955. The maximum Gasteiger partial charge on any atom is 1.00 e. The molecule has 6 nitrogen and oxygen atoms in total. The summed E-state index contributed by atoms with van der Waals surface area (Å²) in [6.45, 7) is 2.28. The van der Waals surface area contributed by atoms with E-state index in [9.17, 15) is 9.90 Å². The van der Waals surface area contributed by atoms with Crippen LogP contribution >= 0.6 is 0 Å². The van der Waals surface area contributed by atoms with E-state index in [1.807, 2.05) is 0 Å². The molecule has 0 fully saturated rings. The Morgan fingerprint density at radius 1 is 0.600 bits per heavy atom. The van der Waals surface area contributed by atoms with Crippen molar-refractivity contribution in [3.63, 3.8) is 0 Å². The summed E-state index contributed by atoms with van der Waals surface area (Å²) in [6, 6.07) is 0. The molecule has 0 rings (SSSR count). The Morgan fingerprint density at radius 3 is 1.00 bits per heavy atom. The van der Waals surface area contributed by atoms with Crippen LogP contribution in [0.25, 0.3) is 0 Å². The zero-order chi connectivity index (χ0) is 21.3. The Morgan fingerprint density at radius 2 is 0.800 bits per heavy atom. The van der Waals surface area contributed by atoms with Crippen molar-refractivity contribution in [2.75, 3.05) is 0 Å². The second-order valence-corrected chi connectivity index (χ2v) is 7.71. The smallest absolute Gasteiger partial charge is 0.550 e. The Labute approximate surface area is 222 Å². The Bertz CT molecular complexity index is 345. The first-order valence-corrected chi connectivity index (χ1v) is 11.5. The minimum Gasteiger partial charge on any atom is -0.550 e. The molecule has 178 valence electrons. The molecule has 0 N–H and O–H groups in total. The van der Waals surface area contributed by atoms with Crippen LogP contribution in [0.4, 0.5) is 0 Å². The fourth-order valence-corrected chi connectivity index (χ4v) is 3.35. The maximum atomic E-state index is 10.3. The van der Waals surface area contributed by atoms with Crippen LogP contribution in [0.1, 0.15) is 135 Å². The molecule has 0 aliphatic heterocycles. The number of rotatable bonds is 20. The third-order valence-corrected chi connectivity index (χ3v) is 4.98. The van der Waals surface area contributed by atoms with E-state index < -0.39 is 11.1 Å². The molecular formula is C22H43AgNNaO5. The van der Waals surface area contributed by atoms with Gasteiger partial charge in [-0.1, -0.05) is 122 Å². The maximum absolute atomic E-state index is 10.3. The van der Waals surface area contributed by atoms with Crippen molar-refractivity contribution in [2.45, 2.75) is 135 Å². The van der Waals surface area contributed by atoms with Gasteiger partial charge < -0.3 is 25.2 Å². The molecule has 0 aliphatic rings. The Kier molecular flexibility index (Phi) is 42.8. The molecule has 0 heterocycles. The molecule has 8 heteroatoms. The molecule has 0 amide bonds. The summed E-state index contributed by atoms with van der Waals surface area (Å²) < 4.78 is 0. The summed E-state index contributed by atoms with van der Waals surface area (Å²) in [5.41, 5.74) is 0. The number of hydrogen-bond donors (Lipinski definition) is 0. The van der Waals surface area contributed by atoms with Gasteiger partial charge in [0, 0.05) is 5.97 Å². The van der Waals surface area contributed by atoms with E-state index in [4.69, 9.17) is 15.3 Å². The van der Waals surface area contributed by atoms with Crippen LogP contribution in [0, 0.1) is 15.3 Å². The molecule has 0 bridgehead atoms. The number of carbonyl (C=O) groups is 1. The SMILES string of the molecule is CCCCCCCCCCCCCCCCCCCCCC(=O)[O-].O=[N+]([O-])[O-].[Ag+].[Na+]. The Balaban J connectivity index is -0.000000513. The van der Waals surface area contributed by atoms with Crippen molar-refractivity contribution < 1.29 is 66.9 Å². The van der Waals surface area contributed by atoms with Crippen LogP contribution in [-0.4, -0.2) is 11.1 Å². The van der Waals surface area contributed by atoms with Crippen molar-refractivity contribution in [2.24, 2.45) is 0 Å². The van der Waals surface area contributed by atoms with Gasteiger partial charge in [0.15, 0.2) is 0 Å². The van der Waals surface area contributed by atoms with Gasteiger partial charge in [-0.05, 0) is 12.8 Å². The number of aliphatic carboxylic acids is 1. The normalized spacial score (nSPS) is 9.63. The van der Waals surface area contributed by atoms with Crippen LogP contribution in [0.5, 0.6) is 0 Å². The molecule has 0 spiro atoms. The molecule has 30 heavy (non-hydrogen) atoms. The topological polar surface area (TPSA) is 106 Å². The number of carboxylic acids is 1. The average molecular weight is 532 g/mol. The molecular weight excluding hydrogens is 489 g/mol. The van der Waals surface area contributed by atoms with E-state index in [0.29, 0.717) is 0 Å². The van der Waals surface area contributed by atoms with Crippen molar-refractivity contribution in [1.29, 1.82) is 0 Å². The second kappa shape index (κ2) is 34.0. The second-order valence-electron chi connectivity index (χ2n) is 7.71. The summed E-state index contributed by atoms with van der Waals surface area (Å²) >= 11 is 0. The molecule has 0 saturated carbocycles. The van der Waals surface area contributed by atoms with Crippen molar-refractivity contribution >= 4 is 5.97 Å². The minimum atomic E-state index is -1.75. The number of hydrogen-bond acceptors (Lipinski definition) is 5. The third kappa shape index (κ3) is 46.6. The van der Waals surface area contributed by atoms with Gasteiger partial charge in [0.25, 0.3) is 0 Å². The number of unbranched alkanes of at least 4 members (excludes halogenated alkanes) is 18. The molecule has 0 aromatic heterocycles. The van der Waals surface area contributed by atoms with Gasteiger partial charge >= 0.3 is 51.9 Å². The van der Waals surface area contributed by atoms with Gasteiger partial charge in [-0.2, -0.15) is 0 Å². The number of carboxylic acid groups (broad SMARTS) is 1. The first-order valence-electron chi connectivity index (χ1n) is 11.5. The summed E-state index contributed by atoms with van der Waals surface area (Å²) in [6.07, 6.45) is 25.7. The van der Waals surface area contributed by atoms with Crippen LogP contribution in [0.15, 0.2) is 0 Å². The van der Waals surface area contributed by atoms with Gasteiger partial charge in [0.2, 0.25) is 0 Å². The van der Waals surface area contributed by atoms with Crippen LogP contribution in [0.2, 0.25) is 0 Å². The van der Waals surface area contributed by atoms with Gasteiger partial charge in [0.1, 0.15) is 0 Å². The van der Waals surface area contributed by atoms with Crippen LogP contribution in [-0.2, 0) is 27.2 Å². The zero-order valence-corrected chi connectivity index (χ0v) is 22.9. The van der Waals surface area contributed by atoms with Crippen LogP contribution < -0.4 is 34.7 Å². The zero-order valence-electron chi connectivity index (χ0n) is 19.4. The molecule has 0 aromatic carbocycles. The van der Waals surface area contributed by atoms with Crippen molar-refractivity contribution in [3.05, 3.63) is 15.3 Å². The number of carbonyl (C=O) groups excluding carboxylic acids is 1. The molecule has 0 unspecified atom stereocenters. The van der Waals surface area contributed by atoms with Crippen molar-refractivity contribution in [1.82, 2.24) is 0 Å². The quantitative estimate of drug-likeness (QED) is 0.104. The van der Waals surface area contributed by atoms with Gasteiger partial charge in [-0.25, -0.2) is 0 Å². The van der Waals surface area contributed by atoms with Gasteiger partial charge in [-0.15, -0.1) is 0 Å². The predicted octanol–water partition coefficient (Wildman–Crippen LogP) is 3.32. The standard InChI is InChI=1S/C22H44O2.Ag.NO3.Na/c1-2-3-4-5-6-7-8-9-10-11-12-13-14-15-16-17-18-19-20-21-22(23)24;;2-1(3)4;/h2-21H2,1H3,(H,23,24);;;/q;+1;-1;+1/p-1. The predicted molar refractivity (Wildman–Crippen MR) is 113 cm³/mol. The average Bonchev–Trinajstić information content (AvgIpc) is 2.63. The van der Waals surface area contributed by atoms with E-state index in [2.05, 4.69) is 6.92 Å². The summed E-state index contributed by atoms with van der Waals surface area (Å²) in [5.74, 6) is -0.901. The monoisotopic (exact) mass is 531 g/mol. The van der Waals surface area contributed by atoms with E-state index in [0.717, 1.165) is 12.8 Å². The van der Waals surface area contributed by atoms with Gasteiger partial charge in [0.05, 0.1) is 5.09 Å². The molecule has 0 aliphatic carbocycles. The van der Waals surface area contributed by atoms with E-state index >= 15 is 0 Å².